The zero-order valence-corrected chi connectivity index (χ0v) is 16.1. The van der Waals surface area contributed by atoms with Crippen molar-refractivity contribution in [2.45, 2.75) is 65.2 Å². The van der Waals surface area contributed by atoms with E-state index in [4.69, 9.17) is 4.74 Å². The van der Waals surface area contributed by atoms with Crippen LogP contribution in [0, 0.1) is 17.3 Å². The molecule has 0 amide bonds. The van der Waals surface area contributed by atoms with Crippen molar-refractivity contribution in [3.05, 3.63) is 47.1 Å². The van der Waals surface area contributed by atoms with Gasteiger partial charge < -0.3 is 4.74 Å². The lowest BCUT2D eigenvalue weighted by atomic mass is 9.55. The van der Waals surface area contributed by atoms with Crippen LogP contribution in [-0.2, 0) is 6.42 Å². The molecule has 0 bridgehead atoms. The third-order valence-electron chi connectivity index (χ3n) is 7.57. The molecule has 0 spiro atoms. The molecule has 4 atom stereocenters. The molecule has 1 aromatic rings. The van der Waals surface area contributed by atoms with Crippen LogP contribution >= 0.6 is 0 Å². The first-order valence-corrected chi connectivity index (χ1v) is 10.2. The van der Waals surface area contributed by atoms with Crippen LogP contribution < -0.4 is 4.74 Å². The molecule has 4 unspecified atom stereocenters. The fourth-order valence-corrected chi connectivity index (χ4v) is 6.38. The van der Waals surface area contributed by atoms with Crippen molar-refractivity contribution in [1.29, 1.82) is 0 Å². The van der Waals surface area contributed by atoms with E-state index < -0.39 is 0 Å². The van der Waals surface area contributed by atoms with Crippen molar-refractivity contribution in [2.24, 2.45) is 17.3 Å². The summed E-state index contributed by atoms with van der Waals surface area (Å²) in [6, 6.07) is 4.71. The highest BCUT2D eigenvalue weighted by atomic mass is 16.5. The van der Waals surface area contributed by atoms with Crippen LogP contribution in [0.4, 0.5) is 0 Å². The Labute approximate surface area is 153 Å². The third kappa shape index (κ3) is 2.50. The summed E-state index contributed by atoms with van der Waals surface area (Å²) < 4.78 is 5.93. The molecule has 25 heavy (non-hydrogen) atoms. The molecule has 0 heterocycles. The van der Waals surface area contributed by atoms with Crippen molar-refractivity contribution >= 4 is 6.08 Å². The lowest BCUT2D eigenvalue weighted by molar-refractivity contribution is 0.0812. The average molecular weight is 337 g/mol. The Bertz CT molecular complexity index is 713. The van der Waals surface area contributed by atoms with Crippen LogP contribution in [0.1, 0.15) is 75.5 Å². The molecule has 3 aliphatic rings. The molecule has 1 heteroatoms. The number of ether oxygens (including phenoxy) is 1. The van der Waals surface area contributed by atoms with E-state index in [1.807, 2.05) is 6.08 Å². The number of fused-ring (bicyclic) bond motifs is 5. The minimum atomic E-state index is 0.469. The molecule has 134 valence electrons. The number of rotatable bonds is 3. The lowest BCUT2D eigenvalue weighted by Crippen LogP contribution is -2.40. The van der Waals surface area contributed by atoms with Gasteiger partial charge in [0.1, 0.15) is 5.75 Å². The predicted molar refractivity (Wildman–Crippen MR) is 106 cm³/mol. The van der Waals surface area contributed by atoms with Gasteiger partial charge in [0, 0.05) is 5.56 Å². The minimum Gasteiger partial charge on any atom is -0.493 e. The number of hydrogen-bond donors (Lipinski definition) is 0. The van der Waals surface area contributed by atoms with Gasteiger partial charge in [0.2, 0.25) is 0 Å². The summed E-state index contributed by atoms with van der Waals surface area (Å²) >= 11 is 0. The quantitative estimate of drug-likeness (QED) is 0.570. The molecule has 0 radical (unpaired) electrons. The smallest absolute Gasteiger partial charge is 0.126 e. The highest BCUT2D eigenvalue weighted by Crippen LogP contribution is 2.62. The number of allylic oxidation sites excluding steroid dienone is 2. The second kappa shape index (κ2) is 6.34. The van der Waals surface area contributed by atoms with E-state index in [0.29, 0.717) is 5.41 Å². The minimum absolute atomic E-state index is 0.469. The maximum absolute atomic E-state index is 5.93. The molecule has 0 aromatic heterocycles. The summed E-state index contributed by atoms with van der Waals surface area (Å²) in [6.07, 6.45) is 12.4. The van der Waals surface area contributed by atoms with Crippen LogP contribution in [0.25, 0.3) is 6.08 Å². The molecule has 0 N–H and O–H groups in total. The lowest BCUT2D eigenvalue weighted by Gasteiger charge is -2.49. The highest BCUT2D eigenvalue weighted by Gasteiger charge is 2.52. The maximum atomic E-state index is 5.93. The Morgan fingerprint density at radius 1 is 1.24 bits per heavy atom. The Kier molecular flexibility index (Phi) is 4.30. The summed E-state index contributed by atoms with van der Waals surface area (Å²) in [5, 5.41) is 0. The van der Waals surface area contributed by atoms with E-state index in [-0.39, 0.29) is 0 Å². The summed E-state index contributed by atoms with van der Waals surface area (Å²) in [6.45, 7) is 11.6. The van der Waals surface area contributed by atoms with Gasteiger partial charge in [-0.05, 0) is 98.8 Å². The third-order valence-corrected chi connectivity index (χ3v) is 7.57. The van der Waals surface area contributed by atoms with E-state index in [1.54, 1.807) is 16.7 Å². The van der Waals surface area contributed by atoms with Gasteiger partial charge in [-0.1, -0.05) is 31.2 Å². The van der Waals surface area contributed by atoms with E-state index in [1.165, 1.54) is 38.5 Å². The zero-order valence-electron chi connectivity index (χ0n) is 16.1. The average Bonchev–Trinajstić information content (AvgIpc) is 2.97. The summed E-state index contributed by atoms with van der Waals surface area (Å²) in [5.74, 6) is 3.50. The maximum Gasteiger partial charge on any atom is 0.126 e. The normalized spacial score (nSPS) is 35.0. The van der Waals surface area contributed by atoms with Crippen molar-refractivity contribution in [3.8, 4) is 5.75 Å². The first-order valence-electron chi connectivity index (χ1n) is 10.2. The topological polar surface area (TPSA) is 9.23 Å². The molecule has 4 rings (SSSR count). The van der Waals surface area contributed by atoms with Crippen LogP contribution in [0.5, 0.6) is 5.75 Å². The second-order valence-corrected chi connectivity index (χ2v) is 8.45. The Balaban J connectivity index is 1.72. The molecule has 0 aliphatic heterocycles. The Hall–Kier alpha value is -1.50. The van der Waals surface area contributed by atoms with Gasteiger partial charge in [0.05, 0.1) is 6.61 Å². The predicted octanol–water partition coefficient (Wildman–Crippen LogP) is 6.53. The summed E-state index contributed by atoms with van der Waals surface area (Å²) in [7, 11) is 0. The molecular formula is C24H32O. The fourth-order valence-electron chi connectivity index (χ4n) is 6.38. The molecule has 1 aromatic carbocycles. The van der Waals surface area contributed by atoms with Crippen molar-refractivity contribution in [1.82, 2.24) is 0 Å². The molecule has 1 nitrogen and oxygen atoms in total. The Morgan fingerprint density at radius 2 is 2.08 bits per heavy atom. The SMILES string of the molecule is C=Cc1cc2c(cc1OCC)C1CCC3(C)/C(=C\C)CCC3C1CC2. The van der Waals surface area contributed by atoms with Crippen molar-refractivity contribution < 1.29 is 4.74 Å². The van der Waals surface area contributed by atoms with E-state index in [9.17, 15) is 0 Å². The van der Waals surface area contributed by atoms with Gasteiger partial charge in [-0.25, -0.2) is 0 Å². The number of aryl methyl sites for hydroxylation is 1. The number of hydrogen-bond acceptors (Lipinski definition) is 1. The highest BCUT2D eigenvalue weighted by molar-refractivity contribution is 5.60. The van der Waals surface area contributed by atoms with Gasteiger partial charge in [-0.2, -0.15) is 0 Å². The zero-order chi connectivity index (χ0) is 17.6. The molecule has 3 aliphatic carbocycles. The first-order chi connectivity index (χ1) is 12.1. The van der Waals surface area contributed by atoms with Crippen LogP contribution in [-0.4, -0.2) is 6.61 Å². The van der Waals surface area contributed by atoms with Gasteiger partial charge in [-0.3, -0.25) is 0 Å². The summed E-state index contributed by atoms with van der Waals surface area (Å²) in [5.41, 5.74) is 6.50. The molecule has 2 saturated carbocycles. The molecular weight excluding hydrogens is 304 g/mol. The van der Waals surface area contributed by atoms with Crippen LogP contribution in [0.15, 0.2) is 30.4 Å². The fraction of sp³-hybridized carbons (Fsp3) is 0.583. The van der Waals surface area contributed by atoms with Gasteiger partial charge in [-0.15, -0.1) is 0 Å². The van der Waals surface area contributed by atoms with Gasteiger partial charge >= 0.3 is 0 Å². The van der Waals surface area contributed by atoms with Gasteiger partial charge in [0.25, 0.3) is 0 Å². The van der Waals surface area contributed by atoms with Crippen molar-refractivity contribution in [2.75, 3.05) is 6.61 Å². The van der Waals surface area contributed by atoms with Gasteiger partial charge in [0.15, 0.2) is 0 Å². The molecule has 2 fully saturated rings. The van der Waals surface area contributed by atoms with E-state index in [0.717, 1.165) is 35.7 Å². The monoisotopic (exact) mass is 336 g/mol. The van der Waals surface area contributed by atoms with Crippen LogP contribution in [0.2, 0.25) is 0 Å². The van der Waals surface area contributed by atoms with E-state index >= 15 is 0 Å². The van der Waals surface area contributed by atoms with Crippen molar-refractivity contribution in [3.63, 3.8) is 0 Å². The molecule has 0 saturated heterocycles. The standard InChI is InChI=1S/C24H32O/c1-5-16-14-17-8-10-20-19(21(17)15-23(16)25-7-3)12-13-24(4)18(6-2)9-11-22(20)24/h5-6,14-15,19-20,22H,1,7-13H2,2-4H3/b18-6-. The first kappa shape index (κ1) is 16.9. The Morgan fingerprint density at radius 3 is 2.80 bits per heavy atom. The largest absolute Gasteiger partial charge is 0.493 e. The second-order valence-electron chi connectivity index (χ2n) is 8.45. The number of benzene rings is 1. The summed E-state index contributed by atoms with van der Waals surface area (Å²) in [4.78, 5) is 0. The van der Waals surface area contributed by atoms with Crippen LogP contribution in [0.3, 0.4) is 0 Å². The van der Waals surface area contributed by atoms with E-state index in [2.05, 4.69) is 45.6 Å².